The third-order valence-corrected chi connectivity index (χ3v) is 4.45. The van der Waals surface area contributed by atoms with Crippen LogP contribution in [0.2, 0.25) is 0 Å². The Morgan fingerprint density at radius 2 is 1.39 bits per heavy atom. The van der Waals surface area contributed by atoms with E-state index in [-0.39, 0.29) is 11.6 Å². The molecule has 2 aromatic rings. The van der Waals surface area contributed by atoms with Gasteiger partial charge >= 0.3 is 23.9 Å². The van der Waals surface area contributed by atoms with Gasteiger partial charge in [-0.1, -0.05) is 18.2 Å². The molecule has 0 N–H and O–H groups in total. The van der Waals surface area contributed by atoms with Gasteiger partial charge in [-0.25, -0.2) is 0 Å². The Kier molecular flexibility index (Phi) is 9.34. The monoisotopic (exact) mass is 481 g/mol. The summed E-state index contributed by atoms with van der Waals surface area (Å²) in [5, 5.41) is 8.49. The van der Waals surface area contributed by atoms with Gasteiger partial charge in [0, 0.05) is 27.7 Å². The molecule has 1 aromatic heterocycles. The molecular weight excluding hydrogens is 458 g/mol. The molecule has 0 spiro atoms. The summed E-state index contributed by atoms with van der Waals surface area (Å²) in [6.45, 7) is 4.51. The maximum Gasteiger partial charge on any atom is 0.303 e. The van der Waals surface area contributed by atoms with Crippen LogP contribution in [0, 0.1) is 0 Å². The Morgan fingerprint density at radius 1 is 0.848 bits per heavy atom. The molecule has 0 aliphatic rings. The SMILES string of the molecule is CC(=O)O[C@@H]([C@H](OC(C)=O)[C@@H](CCl)OC(C)=O)[C@H](OC(C)=O)c1cnn(-c2ccccc2)n1. The van der Waals surface area contributed by atoms with Crippen LogP contribution in [0.15, 0.2) is 36.5 Å². The van der Waals surface area contributed by atoms with Crippen molar-refractivity contribution in [2.75, 3.05) is 5.88 Å². The molecule has 1 heterocycles. The summed E-state index contributed by atoms with van der Waals surface area (Å²) in [4.78, 5) is 48.6. The van der Waals surface area contributed by atoms with Crippen LogP contribution >= 0.6 is 11.6 Å². The lowest BCUT2D eigenvalue weighted by Crippen LogP contribution is -2.49. The number of aromatic nitrogens is 3. The van der Waals surface area contributed by atoms with Crippen LogP contribution in [0.5, 0.6) is 0 Å². The Labute approximate surface area is 194 Å². The van der Waals surface area contributed by atoms with E-state index in [4.69, 9.17) is 30.5 Å². The highest BCUT2D eigenvalue weighted by molar-refractivity contribution is 6.18. The van der Waals surface area contributed by atoms with E-state index in [0.717, 1.165) is 27.7 Å². The van der Waals surface area contributed by atoms with Crippen molar-refractivity contribution in [3.8, 4) is 5.69 Å². The number of hydrogen-bond donors (Lipinski definition) is 0. The molecule has 0 aliphatic heterocycles. The van der Waals surface area contributed by atoms with Gasteiger partial charge in [-0.05, 0) is 12.1 Å². The van der Waals surface area contributed by atoms with Gasteiger partial charge in [0.15, 0.2) is 24.4 Å². The second kappa shape index (κ2) is 12.0. The van der Waals surface area contributed by atoms with Gasteiger partial charge in [-0.3, -0.25) is 19.2 Å². The number of carbonyl (C=O) groups excluding carboxylic acids is 4. The molecule has 4 atom stereocenters. The average molecular weight is 482 g/mol. The minimum atomic E-state index is -1.46. The van der Waals surface area contributed by atoms with Gasteiger partial charge in [0.2, 0.25) is 0 Å². The lowest BCUT2D eigenvalue weighted by Gasteiger charge is -2.34. The zero-order chi connectivity index (χ0) is 24.5. The normalized spacial score (nSPS) is 14.3. The first-order valence-corrected chi connectivity index (χ1v) is 10.4. The van der Waals surface area contributed by atoms with Gasteiger partial charge in [0.1, 0.15) is 5.69 Å². The molecule has 178 valence electrons. The van der Waals surface area contributed by atoms with Crippen LogP contribution in [-0.2, 0) is 38.1 Å². The van der Waals surface area contributed by atoms with Gasteiger partial charge in [-0.15, -0.1) is 16.7 Å². The summed E-state index contributed by atoms with van der Waals surface area (Å²) in [5.74, 6) is -3.30. The standard InChI is InChI=1S/C21H24ClN3O8/c1-12(26)30-18(10-22)20(32-14(3)28)21(33-15(4)29)19(31-13(2)27)17-11-23-25(24-17)16-8-6-5-7-9-16/h5-9,11,18-21H,10H2,1-4H3/t18-,19-,20-,21-/m1/s1. The van der Waals surface area contributed by atoms with Crippen LogP contribution in [0.3, 0.4) is 0 Å². The van der Waals surface area contributed by atoms with Crippen LogP contribution < -0.4 is 0 Å². The first-order chi connectivity index (χ1) is 15.6. The second-order valence-electron chi connectivity index (χ2n) is 6.87. The Balaban J connectivity index is 2.56. The fourth-order valence-electron chi connectivity index (χ4n) is 3.00. The molecule has 0 bridgehead atoms. The van der Waals surface area contributed by atoms with Crippen LogP contribution in [0.1, 0.15) is 39.5 Å². The topological polar surface area (TPSA) is 136 Å². The Morgan fingerprint density at radius 3 is 1.91 bits per heavy atom. The van der Waals surface area contributed by atoms with Crippen molar-refractivity contribution in [1.82, 2.24) is 15.0 Å². The van der Waals surface area contributed by atoms with E-state index in [0.29, 0.717) is 5.69 Å². The van der Waals surface area contributed by atoms with Gasteiger partial charge in [0.05, 0.1) is 17.8 Å². The highest BCUT2D eigenvalue weighted by atomic mass is 35.5. The summed E-state index contributed by atoms with van der Waals surface area (Å²) >= 11 is 5.96. The first kappa shape index (κ1) is 25.8. The highest BCUT2D eigenvalue weighted by Gasteiger charge is 2.44. The summed E-state index contributed by atoms with van der Waals surface area (Å²) in [6, 6.07) is 8.88. The molecule has 1 aromatic carbocycles. The number of alkyl halides is 1. The number of hydrogen-bond acceptors (Lipinski definition) is 10. The van der Waals surface area contributed by atoms with E-state index in [1.165, 1.54) is 11.0 Å². The molecule has 2 rings (SSSR count). The third-order valence-electron chi connectivity index (χ3n) is 4.14. The number of benzene rings is 1. The fourth-order valence-corrected chi connectivity index (χ4v) is 3.24. The summed E-state index contributed by atoms with van der Waals surface area (Å²) in [6.07, 6.45) is -4.16. The molecule has 11 nitrogen and oxygen atoms in total. The van der Waals surface area contributed by atoms with Crippen molar-refractivity contribution in [2.24, 2.45) is 0 Å². The van der Waals surface area contributed by atoms with Crippen molar-refractivity contribution < 1.29 is 38.1 Å². The smallest absolute Gasteiger partial charge is 0.303 e. The number of esters is 4. The molecule has 0 fully saturated rings. The molecule has 0 saturated heterocycles. The number of carbonyl (C=O) groups is 4. The maximum absolute atomic E-state index is 11.9. The third kappa shape index (κ3) is 7.56. The quantitative estimate of drug-likeness (QED) is 0.281. The van der Waals surface area contributed by atoms with E-state index in [9.17, 15) is 19.2 Å². The Hall–Kier alpha value is -3.47. The zero-order valence-corrected chi connectivity index (χ0v) is 19.2. The molecule has 0 unspecified atom stereocenters. The molecular formula is C21H24ClN3O8. The van der Waals surface area contributed by atoms with E-state index >= 15 is 0 Å². The minimum Gasteiger partial charge on any atom is -0.457 e. The van der Waals surface area contributed by atoms with E-state index in [1.807, 2.05) is 6.07 Å². The molecule has 0 radical (unpaired) electrons. The van der Waals surface area contributed by atoms with Crippen LogP contribution in [0.4, 0.5) is 0 Å². The van der Waals surface area contributed by atoms with Crippen molar-refractivity contribution in [2.45, 2.75) is 52.1 Å². The Bertz CT molecular complexity index is 981. The molecule has 0 saturated carbocycles. The van der Waals surface area contributed by atoms with Crippen molar-refractivity contribution in [3.05, 3.63) is 42.2 Å². The fraction of sp³-hybridized carbons (Fsp3) is 0.429. The number of para-hydroxylation sites is 1. The van der Waals surface area contributed by atoms with E-state index in [1.54, 1.807) is 24.3 Å². The van der Waals surface area contributed by atoms with Crippen LogP contribution in [-0.4, -0.2) is 63.1 Å². The van der Waals surface area contributed by atoms with E-state index < -0.39 is 48.3 Å². The molecule has 33 heavy (non-hydrogen) atoms. The second-order valence-corrected chi connectivity index (χ2v) is 7.18. The first-order valence-electron chi connectivity index (χ1n) is 9.84. The van der Waals surface area contributed by atoms with Gasteiger partial charge in [-0.2, -0.15) is 9.90 Å². The van der Waals surface area contributed by atoms with Gasteiger partial charge in [0.25, 0.3) is 0 Å². The van der Waals surface area contributed by atoms with Gasteiger partial charge < -0.3 is 18.9 Å². The van der Waals surface area contributed by atoms with E-state index in [2.05, 4.69) is 10.2 Å². The van der Waals surface area contributed by atoms with Crippen molar-refractivity contribution in [1.29, 1.82) is 0 Å². The number of rotatable bonds is 10. The van der Waals surface area contributed by atoms with Crippen LogP contribution in [0.25, 0.3) is 5.69 Å². The lowest BCUT2D eigenvalue weighted by atomic mass is 10.0. The zero-order valence-electron chi connectivity index (χ0n) is 18.5. The summed E-state index contributed by atoms with van der Waals surface area (Å²) in [7, 11) is 0. The number of halogens is 1. The number of nitrogens with zero attached hydrogens (tertiary/aromatic N) is 3. The maximum atomic E-state index is 11.9. The molecule has 0 aliphatic carbocycles. The summed E-state index contributed by atoms with van der Waals surface area (Å²) in [5.41, 5.74) is 0.707. The van der Waals surface area contributed by atoms with Crippen molar-refractivity contribution >= 4 is 35.5 Å². The lowest BCUT2D eigenvalue weighted by molar-refractivity contribution is -0.197. The predicted molar refractivity (Wildman–Crippen MR) is 113 cm³/mol. The highest BCUT2D eigenvalue weighted by Crippen LogP contribution is 2.29. The largest absolute Gasteiger partial charge is 0.457 e. The predicted octanol–water partition coefficient (Wildman–Crippen LogP) is 1.91. The molecule has 12 heteroatoms. The minimum absolute atomic E-state index is 0.0913. The average Bonchev–Trinajstić information content (AvgIpc) is 3.23. The number of ether oxygens (including phenoxy) is 4. The molecule has 0 amide bonds. The van der Waals surface area contributed by atoms with Crippen molar-refractivity contribution in [3.63, 3.8) is 0 Å². The summed E-state index contributed by atoms with van der Waals surface area (Å²) < 4.78 is 21.3.